The fourth-order valence-electron chi connectivity index (χ4n) is 15.0. The third kappa shape index (κ3) is 10.2. The first-order chi connectivity index (χ1) is 51.6. The molecule has 3 aliphatic heterocycles. The van der Waals surface area contributed by atoms with Crippen molar-refractivity contribution in [1.82, 2.24) is 24.1 Å². The zero-order valence-corrected chi connectivity index (χ0v) is 55.9. The summed E-state index contributed by atoms with van der Waals surface area (Å²) in [6, 6.07) is 126. The Labute approximate surface area is 599 Å². The van der Waals surface area contributed by atoms with E-state index in [0.717, 1.165) is 102 Å². The number of benzene rings is 15. The molecular formula is C93H60N8O3. The molecule has 0 atom stereocenters. The summed E-state index contributed by atoms with van der Waals surface area (Å²) in [7, 11) is 0. The van der Waals surface area contributed by atoms with Crippen molar-refractivity contribution < 1.29 is 14.2 Å². The van der Waals surface area contributed by atoms with E-state index in [1.807, 2.05) is 109 Å². The number of hydrogen-bond donors (Lipinski definition) is 0. The van der Waals surface area contributed by atoms with Crippen molar-refractivity contribution in [3.8, 4) is 91.2 Å². The van der Waals surface area contributed by atoms with E-state index in [4.69, 9.17) is 29.2 Å². The molecule has 490 valence electrons. The fraction of sp³-hybridized carbons (Fsp3) is 0. The third-order valence-electron chi connectivity index (χ3n) is 19.8. The van der Waals surface area contributed by atoms with Gasteiger partial charge in [-0.3, -0.25) is 0 Å². The van der Waals surface area contributed by atoms with Gasteiger partial charge in [0.05, 0.1) is 56.2 Å². The molecule has 6 heterocycles. The summed E-state index contributed by atoms with van der Waals surface area (Å²) in [5, 5.41) is 5.14. The second-order valence-corrected chi connectivity index (χ2v) is 25.9. The molecule has 0 unspecified atom stereocenters. The van der Waals surface area contributed by atoms with Crippen LogP contribution in [0.2, 0.25) is 0 Å². The summed E-state index contributed by atoms with van der Waals surface area (Å²) >= 11 is 0. The second kappa shape index (κ2) is 24.9. The van der Waals surface area contributed by atoms with Crippen molar-refractivity contribution in [2.24, 2.45) is 0 Å². The van der Waals surface area contributed by atoms with Crippen LogP contribution in [0.15, 0.2) is 364 Å². The van der Waals surface area contributed by atoms with E-state index in [1.54, 1.807) is 0 Å². The summed E-state index contributed by atoms with van der Waals surface area (Å²) < 4.78 is 23.6. The van der Waals surface area contributed by atoms with E-state index in [9.17, 15) is 0 Å². The Hall–Kier alpha value is -14.3. The van der Waals surface area contributed by atoms with E-state index in [0.29, 0.717) is 17.5 Å². The molecule has 3 aliphatic rings. The molecule has 0 N–H and O–H groups in total. The van der Waals surface area contributed by atoms with Gasteiger partial charge in [-0.05, 0) is 205 Å². The molecule has 0 bridgehead atoms. The van der Waals surface area contributed by atoms with E-state index in [2.05, 4.69) is 279 Å². The Bertz CT molecular complexity index is 5570. The van der Waals surface area contributed by atoms with Gasteiger partial charge in [-0.2, -0.15) is 0 Å². The SMILES string of the molecule is c1ccc2c(c1)Oc1ccccc1N2c1ccc(-c2nc(-c3ccc(N4c5ccccc5Oc5ccccc54)cc3)nc(-c3ccc(N4c5ccccc5Oc5ccccc54)cc3)n2)cc1.c1ccc2c(c1)c1ccccc1n2-c1ccc(-c2ccc(-n3c4ccccc4c4ccccc43)cc2)cc1. The lowest BCUT2D eigenvalue weighted by Crippen LogP contribution is -2.15. The number of anilines is 9. The van der Waals surface area contributed by atoms with E-state index in [-0.39, 0.29) is 0 Å². The Morgan fingerprint density at radius 1 is 0.173 bits per heavy atom. The lowest BCUT2D eigenvalue weighted by molar-refractivity contribution is 0.477. The predicted octanol–water partition coefficient (Wildman–Crippen LogP) is 25.1. The van der Waals surface area contributed by atoms with Crippen LogP contribution in [-0.2, 0) is 0 Å². The number of para-hydroxylation sites is 16. The van der Waals surface area contributed by atoms with Crippen LogP contribution in [0.1, 0.15) is 0 Å². The lowest BCUT2D eigenvalue weighted by Gasteiger charge is -2.32. The maximum absolute atomic E-state index is 6.29. The van der Waals surface area contributed by atoms with Crippen LogP contribution in [0.3, 0.4) is 0 Å². The van der Waals surface area contributed by atoms with Gasteiger partial charge in [0.1, 0.15) is 0 Å². The van der Waals surface area contributed by atoms with E-state index < -0.39 is 0 Å². The maximum Gasteiger partial charge on any atom is 0.164 e. The summed E-state index contributed by atoms with van der Waals surface area (Å²) in [6.45, 7) is 0. The minimum absolute atomic E-state index is 0.560. The maximum atomic E-state index is 6.29. The average Bonchev–Trinajstić information content (AvgIpc) is 1.52. The number of aromatic nitrogens is 5. The summed E-state index contributed by atoms with van der Waals surface area (Å²) in [6.07, 6.45) is 0. The fourth-order valence-corrected chi connectivity index (χ4v) is 15.0. The first kappa shape index (κ1) is 59.7. The molecule has 0 amide bonds. The average molecular weight is 1340 g/mol. The van der Waals surface area contributed by atoms with Gasteiger partial charge >= 0.3 is 0 Å². The Morgan fingerprint density at radius 3 is 0.606 bits per heavy atom. The molecule has 0 saturated carbocycles. The van der Waals surface area contributed by atoms with E-state index in [1.165, 1.54) is 66.1 Å². The highest BCUT2D eigenvalue weighted by molar-refractivity contribution is 6.10. The van der Waals surface area contributed by atoms with Gasteiger partial charge in [0.2, 0.25) is 0 Å². The van der Waals surface area contributed by atoms with Crippen molar-refractivity contribution in [3.05, 3.63) is 364 Å². The van der Waals surface area contributed by atoms with Crippen LogP contribution in [0, 0.1) is 0 Å². The topological polar surface area (TPSA) is 85.9 Å². The number of nitrogens with zero attached hydrogens (tertiary/aromatic N) is 8. The van der Waals surface area contributed by atoms with Crippen LogP contribution >= 0.6 is 0 Å². The van der Waals surface area contributed by atoms with Crippen molar-refractivity contribution in [2.75, 3.05) is 14.7 Å². The second-order valence-electron chi connectivity index (χ2n) is 25.9. The van der Waals surface area contributed by atoms with Gasteiger partial charge in [-0.15, -0.1) is 0 Å². The number of hydrogen-bond acceptors (Lipinski definition) is 9. The zero-order valence-electron chi connectivity index (χ0n) is 55.9. The molecule has 0 radical (unpaired) electrons. The van der Waals surface area contributed by atoms with Crippen LogP contribution < -0.4 is 28.9 Å². The summed E-state index contributed by atoms with van der Waals surface area (Å²) in [4.78, 5) is 22.1. The van der Waals surface area contributed by atoms with Crippen molar-refractivity contribution in [1.29, 1.82) is 0 Å². The molecule has 18 aromatic rings. The first-order valence-electron chi connectivity index (χ1n) is 34.8. The molecule has 0 aliphatic carbocycles. The molecule has 21 rings (SSSR count). The van der Waals surface area contributed by atoms with Crippen LogP contribution in [0.5, 0.6) is 34.5 Å². The Kier molecular flexibility index (Phi) is 14.3. The molecule has 0 fully saturated rings. The quantitative estimate of drug-likeness (QED) is 0.140. The minimum Gasteiger partial charge on any atom is -0.453 e. The smallest absolute Gasteiger partial charge is 0.164 e. The van der Waals surface area contributed by atoms with Crippen molar-refractivity contribution in [2.45, 2.75) is 0 Å². The monoisotopic (exact) mass is 1340 g/mol. The van der Waals surface area contributed by atoms with Crippen molar-refractivity contribution in [3.63, 3.8) is 0 Å². The van der Waals surface area contributed by atoms with Crippen LogP contribution in [0.25, 0.3) is 100 Å². The van der Waals surface area contributed by atoms with Crippen molar-refractivity contribution >= 4 is 94.8 Å². The summed E-state index contributed by atoms with van der Waals surface area (Å²) in [5.74, 6) is 6.47. The largest absolute Gasteiger partial charge is 0.453 e. The van der Waals surface area contributed by atoms with Crippen LogP contribution in [0.4, 0.5) is 51.2 Å². The molecule has 104 heavy (non-hydrogen) atoms. The number of fused-ring (bicyclic) bond motifs is 12. The molecule has 0 spiro atoms. The zero-order chi connectivity index (χ0) is 68.6. The van der Waals surface area contributed by atoms with Gasteiger partial charge in [-0.25, -0.2) is 15.0 Å². The molecule has 11 nitrogen and oxygen atoms in total. The number of ether oxygens (including phenoxy) is 3. The van der Waals surface area contributed by atoms with Gasteiger partial charge in [0, 0.05) is 66.7 Å². The summed E-state index contributed by atoms with van der Waals surface area (Å²) in [5.41, 5.74) is 21.0. The predicted molar refractivity (Wildman–Crippen MR) is 421 cm³/mol. The molecule has 3 aromatic heterocycles. The first-order valence-corrected chi connectivity index (χ1v) is 34.8. The molecule has 15 aromatic carbocycles. The van der Waals surface area contributed by atoms with Gasteiger partial charge in [0.25, 0.3) is 0 Å². The minimum atomic E-state index is 0.560. The highest BCUT2D eigenvalue weighted by Crippen LogP contribution is 2.54. The molecule has 11 heteroatoms. The Balaban J connectivity index is 0.000000160. The normalized spacial score (nSPS) is 12.4. The van der Waals surface area contributed by atoms with Gasteiger partial charge in [-0.1, -0.05) is 170 Å². The van der Waals surface area contributed by atoms with E-state index >= 15 is 0 Å². The highest BCUT2D eigenvalue weighted by Gasteiger charge is 2.29. The third-order valence-corrected chi connectivity index (χ3v) is 19.8. The van der Waals surface area contributed by atoms with Crippen LogP contribution in [-0.4, -0.2) is 24.1 Å². The molecule has 0 saturated heterocycles. The number of rotatable bonds is 9. The lowest BCUT2D eigenvalue weighted by atomic mass is 10.0. The standard InChI is InChI=1S/C57H36N6O3.C36H24N2/c1-7-19-49-43(13-1)61(44-14-2-8-20-50(44)64-49)40-31-25-37(26-32-40)55-58-56(38-27-33-41(34-28-38)62-45-15-3-9-21-51(45)65-52-22-10-4-16-46(52)62)60-57(59-55)39-29-35-42(36-30-39)63-47-17-5-11-23-53(47)66-54-24-12-6-18-48(54)63;1-5-13-33-29(9-1)30-10-2-6-14-34(30)37(33)27-21-17-25(18-22-27)26-19-23-28(24-20-26)38-35-15-7-3-11-31(35)32-12-4-8-16-36(32)38/h1-36H;1-24H. The van der Waals surface area contributed by atoms with Gasteiger partial charge < -0.3 is 38.0 Å². The molecular weight excluding hydrogens is 1280 g/mol. The highest BCUT2D eigenvalue weighted by atomic mass is 16.5. The van der Waals surface area contributed by atoms with Gasteiger partial charge in [0.15, 0.2) is 52.0 Å². The Morgan fingerprint density at radius 2 is 0.365 bits per heavy atom.